The lowest BCUT2D eigenvalue weighted by Gasteiger charge is -2.05. The molecular weight excluding hydrogens is 244 g/mol. The van der Waals surface area contributed by atoms with Crippen LogP contribution in [0.25, 0.3) is 11.3 Å². The van der Waals surface area contributed by atoms with Crippen LogP contribution in [0.1, 0.15) is 0 Å². The second kappa shape index (κ2) is 4.61. The molecule has 5 nitrogen and oxygen atoms in total. The quantitative estimate of drug-likeness (QED) is 0.786. The molecule has 0 fully saturated rings. The number of rotatable bonds is 3. The predicted molar refractivity (Wildman–Crippen MR) is 70.3 cm³/mol. The summed E-state index contributed by atoms with van der Waals surface area (Å²) in [6.07, 6.45) is 1.64. The summed E-state index contributed by atoms with van der Waals surface area (Å²) in [6.45, 7) is 4.23. The Labute approximate surface area is 109 Å². The number of hydrogen-bond donors (Lipinski definition) is 0. The van der Waals surface area contributed by atoms with Gasteiger partial charge in [-0.1, -0.05) is 6.08 Å². The van der Waals surface area contributed by atoms with Crippen LogP contribution in [0.4, 0.5) is 0 Å². The van der Waals surface area contributed by atoms with Crippen molar-refractivity contribution in [1.29, 1.82) is 0 Å². The van der Waals surface area contributed by atoms with E-state index in [2.05, 4.69) is 11.7 Å². The summed E-state index contributed by atoms with van der Waals surface area (Å²) in [7, 11) is 0. The van der Waals surface area contributed by atoms with Gasteiger partial charge in [-0.3, -0.25) is 4.79 Å². The number of nitrogens with zero attached hydrogens (tertiary/aromatic N) is 2. The van der Waals surface area contributed by atoms with E-state index in [1.807, 2.05) is 18.2 Å². The van der Waals surface area contributed by atoms with Crippen LogP contribution >= 0.6 is 0 Å². The standard InChI is InChI=1S/C14H12N2O3/c1-2-7-16-14(17)6-4-11(15-16)10-3-5-12-13(8-10)19-9-18-12/h2-6,8H,1,7,9H2. The van der Waals surface area contributed by atoms with Crippen LogP contribution in [0, 0.1) is 0 Å². The van der Waals surface area contributed by atoms with Crippen LogP contribution in [0.3, 0.4) is 0 Å². The molecule has 1 aromatic heterocycles. The molecule has 0 bridgehead atoms. The van der Waals surface area contributed by atoms with Gasteiger partial charge in [-0.05, 0) is 24.3 Å². The monoisotopic (exact) mass is 256 g/mol. The second-order valence-electron chi connectivity index (χ2n) is 4.10. The first-order chi connectivity index (χ1) is 9.28. The van der Waals surface area contributed by atoms with Gasteiger partial charge in [0.05, 0.1) is 12.2 Å². The maximum atomic E-state index is 11.6. The third kappa shape index (κ3) is 2.10. The maximum absolute atomic E-state index is 11.6. The summed E-state index contributed by atoms with van der Waals surface area (Å²) in [4.78, 5) is 11.6. The summed E-state index contributed by atoms with van der Waals surface area (Å²) in [5.41, 5.74) is 1.44. The van der Waals surface area contributed by atoms with Crippen LogP contribution in [0.2, 0.25) is 0 Å². The van der Waals surface area contributed by atoms with Crippen LogP contribution < -0.4 is 15.0 Å². The largest absolute Gasteiger partial charge is 0.454 e. The van der Waals surface area contributed by atoms with E-state index in [9.17, 15) is 4.79 Å². The number of aromatic nitrogens is 2. The van der Waals surface area contributed by atoms with Crippen molar-refractivity contribution in [2.75, 3.05) is 6.79 Å². The lowest BCUT2D eigenvalue weighted by Crippen LogP contribution is -2.21. The van der Waals surface area contributed by atoms with E-state index < -0.39 is 0 Å². The molecule has 3 rings (SSSR count). The van der Waals surface area contributed by atoms with Gasteiger partial charge in [-0.15, -0.1) is 6.58 Å². The van der Waals surface area contributed by atoms with Gasteiger partial charge in [0, 0.05) is 11.6 Å². The lowest BCUT2D eigenvalue weighted by atomic mass is 10.1. The summed E-state index contributed by atoms with van der Waals surface area (Å²) >= 11 is 0. The van der Waals surface area contributed by atoms with Gasteiger partial charge in [0.1, 0.15) is 0 Å². The molecular formula is C14H12N2O3. The van der Waals surface area contributed by atoms with Gasteiger partial charge < -0.3 is 9.47 Å². The molecule has 2 aromatic rings. The number of benzene rings is 1. The lowest BCUT2D eigenvalue weighted by molar-refractivity contribution is 0.174. The maximum Gasteiger partial charge on any atom is 0.267 e. The topological polar surface area (TPSA) is 53.4 Å². The molecule has 5 heteroatoms. The molecule has 0 atom stereocenters. The zero-order valence-corrected chi connectivity index (χ0v) is 10.2. The highest BCUT2D eigenvalue weighted by Crippen LogP contribution is 2.35. The van der Waals surface area contributed by atoms with Gasteiger partial charge in [-0.2, -0.15) is 5.10 Å². The fraction of sp³-hybridized carbons (Fsp3) is 0.143. The molecule has 0 saturated carbocycles. The minimum absolute atomic E-state index is 0.149. The SMILES string of the molecule is C=CCn1nc(-c2ccc3c(c2)OCO3)ccc1=O. The first-order valence-corrected chi connectivity index (χ1v) is 5.87. The van der Waals surface area contributed by atoms with E-state index in [0.717, 1.165) is 11.3 Å². The van der Waals surface area contributed by atoms with E-state index >= 15 is 0 Å². The van der Waals surface area contributed by atoms with Crippen molar-refractivity contribution in [2.45, 2.75) is 6.54 Å². The highest BCUT2D eigenvalue weighted by molar-refractivity contribution is 5.63. The molecule has 0 saturated heterocycles. The summed E-state index contributed by atoms with van der Waals surface area (Å²) in [5, 5.41) is 4.29. The van der Waals surface area contributed by atoms with Gasteiger partial charge in [0.15, 0.2) is 11.5 Å². The minimum atomic E-state index is -0.149. The van der Waals surface area contributed by atoms with Gasteiger partial charge in [-0.25, -0.2) is 4.68 Å². The third-order valence-electron chi connectivity index (χ3n) is 2.84. The molecule has 19 heavy (non-hydrogen) atoms. The molecule has 0 amide bonds. The Morgan fingerprint density at radius 3 is 2.95 bits per heavy atom. The number of ether oxygens (including phenoxy) is 2. The van der Waals surface area contributed by atoms with E-state index in [1.54, 1.807) is 12.1 Å². The van der Waals surface area contributed by atoms with Crippen LogP contribution in [0.5, 0.6) is 11.5 Å². The zero-order valence-electron chi connectivity index (χ0n) is 10.2. The van der Waals surface area contributed by atoms with Crippen molar-refractivity contribution < 1.29 is 9.47 Å². The van der Waals surface area contributed by atoms with Crippen molar-refractivity contribution in [3.05, 3.63) is 53.3 Å². The normalized spacial score (nSPS) is 12.4. The smallest absolute Gasteiger partial charge is 0.267 e. The first kappa shape index (κ1) is 11.5. The van der Waals surface area contributed by atoms with Gasteiger partial charge in [0.25, 0.3) is 5.56 Å². The Morgan fingerprint density at radius 1 is 1.26 bits per heavy atom. The fourth-order valence-corrected chi connectivity index (χ4v) is 1.91. The Hall–Kier alpha value is -2.56. The molecule has 2 heterocycles. The van der Waals surface area contributed by atoms with Crippen LogP contribution in [-0.4, -0.2) is 16.6 Å². The molecule has 1 aliphatic heterocycles. The highest BCUT2D eigenvalue weighted by atomic mass is 16.7. The summed E-state index contributed by atoms with van der Waals surface area (Å²) in [5.74, 6) is 1.42. The molecule has 0 aliphatic carbocycles. The van der Waals surface area contributed by atoms with Crippen molar-refractivity contribution in [2.24, 2.45) is 0 Å². The van der Waals surface area contributed by atoms with Crippen molar-refractivity contribution in [3.8, 4) is 22.8 Å². The fourth-order valence-electron chi connectivity index (χ4n) is 1.91. The average Bonchev–Trinajstić information content (AvgIpc) is 2.89. The van der Waals surface area contributed by atoms with E-state index in [4.69, 9.17) is 9.47 Å². The number of allylic oxidation sites excluding steroid dienone is 1. The Bertz CT molecular complexity index is 691. The second-order valence-corrected chi connectivity index (χ2v) is 4.10. The van der Waals surface area contributed by atoms with Crippen molar-refractivity contribution in [1.82, 2.24) is 9.78 Å². The Morgan fingerprint density at radius 2 is 2.11 bits per heavy atom. The van der Waals surface area contributed by atoms with Crippen molar-refractivity contribution in [3.63, 3.8) is 0 Å². The van der Waals surface area contributed by atoms with Crippen LogP contribution in [0.15, 0.2) is 47.8 Å². The molecule has 0 N–H and O–H groups in total. The number of fused-ring (bicyclic) bond motifs is 1. The third-order valence-corrected chi connectivity index (χ3v) is 2.84. The summed E-state index contributed by atoms with van der Waals surface area (Å²) in [6, 6.07) is 8.77. The highest BCUT2D eigenvalue weighted by Gasteiger charge is 2.14. The molecule has 0 unspecified atom stereocenters. The van der Waals surface area contributed by atoms with Gasteiger partial charge >= 0.3 is 0 Å². The van der Waals surface area contributed by atoms with E-state index in [0.29, 0.717) is 18.0 Å². The molecule has 96 valence electrons. The average molecular weight is 256 g/mol. The molecule has 1 aliphatic rings. The minimum Gasteiger partial charge on any atom is -0.454 e. The molecule has 0 radical (unpaired) electrons. The first-order valence-electron chi connectivity index (χ1n) is 5.87. The van der Waals surface area contributed by atoms with Crippen molar-refractivity contribution >= 4 is 0 Å². The summed E-state index contributed by atoms with van der Waals surface area (Å²) < 4.78 is 12.0. The van der Waals surface area contributed by atoms with Gasteiger partial charge in [0.2, 0.25) is 6.79 Å². The predicted octanol–water partition coefficient (Wildman–Crippen LogP) is 1.82. The molecule has 0 spiro atoms. The number of hydrogen-bond acceptors (Lipinski definition) is 4. The van der Waals surface area contributed by atoms with Crippen LogP contribution in [-0.2, 0) is 6.54 Å². The van der Waals surface area contributed by atoms with E-state index in [1.165, 1.54) is 10.7 Å². The Kier molecular flexibility index (Phi) is 2.79. The molecule has 1 aromatic carbocycles. The van der Waals surface area contributed by atoms with E-state index in [-0.39, 0.29) is 12.4 Å². The Balaban J connectivity index is 2.04. The zero-order chi connectivity index (χ0) is 13.2.